The zero-order valence-corrected chi connectivity index (χ0v) is 13.4. The Morgan fingerprint density at radius 2 is 2.13 bits per heavy atom. The molecule has 1 aliphatic carbocycles. The van der Waals surface area contributed by atoms with E-state index in [1.54, 1.807) is 7.11 Å². The van der Waals surface area contributed by atoms with Crippen molar-refractivity contribution in [2.24, 2.45) is 5.92 Å². The van der Waals surface area contributed by atoms with Crippen molar-refractivity contribution in [1.29, 1.82) is 0 Å². The predicted octanol–water partition coefficient (Wildman–Crippen LogP) is 3.11. The zero-order chi connectivity index (χ0) is 15.8. The van der Waals surface area contributed by atoms with E-state index < -0.39 is 0 Å². The number of methoxy groups -OCH3 is 1. The maximum atomic E-state index is 5.99. The van der Waals surface area contributed by atoms with Crippen molar-refractivity contribution in [2.75, 3.05) is 24.3 Å². The number of benzene rings is 1. The van der Waals surface area contributed by atoms with Crippen LogP contribution in [-0.2, 0) is 0 Å². The predicted molar refractivity (Wildman–Crippen MR) is 91.5 cm³/mol. The van der Waals surface area contributed by atoms with Crippen LogP contribution in [0.1, 0.15) is 25.7 Å². The molecular weight excluding hydrogens is 288 g/mol. The van der Waals surface area contributed by atoms with E-state index in [0.29, 0.717) is 12.0 Å². The molecule has 5 heteroatoms. The third-order valence-electron chi connectivity index (χ3n) is 5.04. The van der Waals surface area contributed by atoms with Crippen LogP contribution in [0.15, 0.2) is 30.3 Å². The summed E-state index contributed by atoms with van der Waals surface area (Å²) in [6, 6.07) is 10.6. The molecule has 2 bridgehead atoms. The molecule has 5 nitrogen and oxygen atoms in total. The summed E-state index contributed by atoms with van der Waals surface area (Å²) in [6.07, 6.45) is 5.22. The van der Waals surface area contributed by atoms with Gasteiger partial charge in [-0.3, -0.25) is 0 Å². The summed E-state index contributed by atoms with van der Waals surface area (Å²) < 4.78 is 5.31. The van der Waals surface area contributed by atoms with Crippen molar-refractivity contribution in [3.63, 3.8) is 0 Å². The fourth-order valence-electron chi connectivity index (χ4n) is 3.95. The van der Waals surface area contributed by atoms with Crippen LogP contribution in [0.3, 0.4) is 0 Å². The molecule has 2 aliphatic rings. The van der Waals surface area contributed by atoms with Gasteiger partial charge in [0.1, 0.15) is 11.6 Å². The average Bonchev–Trinajstić information content (AvgIpc) is 2.88. The van der Waals surface area contributed by atoms with Crippen molar-refractivity contribution in [1.82, 2.24) is 9.97 Å². The highest BCUT2D eigenvalue weighted by atomic mass is 16.5. The minimum absolute atomic E-state index is 0.335. The Kier molecular flexibility index (Phi) is 3.56. The van der Waals surface area contributed by atoms with Gasteiger partial charge in [-0.25, -0.2) is 4.98 Å². The molecule has 2 N–H and O–H groups in total. The molecule has 4 rings (SSSR count). The summed E-state index contributed by atoms with van der Waals surface area (Å²) in [6.45, 7) is 1.10. The van der Waals surface area contributed by atoms with Gasteiger partial charge in [0.15, 0.2) is 0 Å². The summed E-state index contributed by atoms with van der Waals surface area (Å²) in [7, 11) is 1.67. The third-order valence-corrected chi connectivity index (χ3v) is 5.04. The summed E-state index contributed by atoms with van der Waals surface area (Å²) in [5, 5.41) is 0. The lowest BCUT2D eigenvalue weighted by Crippen LogP contribution is -2.29. The molecule has 1 aromatic heterocycles. The van der Waals surface area contributed by atoms with Crippen molar-refractivity contribution in [3.8, 4) is 17.0 Å². The van der Waals surface area contributed by atoms with Crippen molar-refractivity contribution in [3.05, 3.63) is 30.3 Å². The van der Waals surface area contributed by atoms with E-state index in [4.69, 9.17) is 10.5 Å². The molecule has 2 atom stereocenters. The summed E-state index contributed by atoms with van der Waals surface area (Å²) >= 11 is 0. The fourth-order valence-corrected chi connectivity index (χ4v) is 3.95. The highest BCUT2D eigenvalue weighted by molar-refractivity contribution is 5.66. The largest absolute Gasteiger partial charge is 0.497 e. The van der Waals surface area contributed by atoms with Gasteiger partial charge in [-0.05, 0) is 37.3 Å². The lowest BCUT2D eigenvalue weighted by Gasteiger charge is -2.26. The van der Waals surface area contributed by atoms with Crippen LogP contribution in [-0.4, -0.2) is 29.7 Å². The molecule has 0 spiro atoms. The highest BCUT2D eigenvalue weighted by Gasteiger charge is 2.36. The van der Waals surface area contributed by atoms with Gasteiger partial charge in [0.25, 0.3) is 0 Å². The van der Waals surface area contributed by atoms with Crippen LogP contribution in [0.4, 0.5) is 11.8 Å². The van der Waals surface area contributed by atoms with E-state index in [9.17, 15) is 0 Å². The number of nitrogen functional groups attached to an aromatic ring is 1. The molecule has 2 fully saturated rings. The number of rotatable bonds is 3. The van der Waals surface area contributed by atoms with Crippen LogP contribution in [0, 0.1) is 5.92 Å². The number of ether oxygens (including phenoxy) is 1. The highest BCUT2D eigenvalue weighted by Crippen LogP contribution is 2.38. The topological polar surface area (TPSA) is 64.3 Å². The summed E-state index contributed by atoms with van der Waals surface area (Å²) in [5.41, 5.74) is 7.85. The van der Waals surface area contributed by atoms with E-state index in [2.05, 4.69) is 20.9 Å². The molecule has 2 heterocycles. The SMILES string of the molecule is COc1cccc(-c2cc(N3C[C@H]4CCC[C@@H]3C4)nc(N)n2)c1. The van der Waals surface area contributed by atoms with Gasteiger partial charge in [-0.15, -0.1) is 0 Å². The van der Waals surface area contributed by atoms with E-state index in [0.717, 1.165) is 35.3 Å². The lowest BCUT2D eigenvalue weighted by atomic mass is 9.90. The summed E-state index contributed by atoms with van der Waals surface area (Å²) in [5.74, 6) is 2.93. The van der Waals surface area contributed by atoms with Gasteiger partial charge in [-0.2, -0.15) is 4.98 Å². The molecule has 1 aliphatic heterocycles. The average molecular weight is 310 g/mol. The standard InChI is InChI=1S/C18H22N4O/c1-23-15-7-3-5-13(9-15)16-10-17(21-18(19)20-16)22-11-12-4-2-6-14(22)8-12/h3,5,7,9-10,12,14H,2,4,6,8,11H2,1H3,(H2,19,20,21)/t12-,14+/m0/s1. The Balaban J connectivity index is 1.71. The normalized spacial score (nSPS) is 23.1. The Morgan fingerprint density at radius 3 is 2.96 bits per heavy atom. The second-order valence-electron chi connectivity index (χ2n) is 6.54. The summed E-state index contributed by atoms with van der Waals surface area (Å²) in [4.78, 5) is 11.4. The van der Waals surface area contributed by atoms with Crippen molar-refractivity contribution >= 4 is 11.8 Å². The Morgan fingerprint density at radius 1 is 1.22 bits per heavy atom. The first-order valence-corrected chi connectivity index (χ1v) is 8.28. The molecule has 1 saturated carbocycles. The zero-order valence-electron chi connectivity index (χ0n) is 13.4. The molecule has 1 saturated heterocycles. The molecule has 0 radical (unpaired) electrons. The smallest absolute Gasteiger partial charge is 0.222 e. The van der Waals surface area contributed by atoms with E-state index in [1.165, 1.54) is 25.7 Å². The number of hydrogen-bond acceptors (Lipinski definition) is 5. The second-order valence-corrected chi connectivity index (χ2v) is 6.54. The lowest BCUT2D eigenvalue weighted by molar-refractivity contribution is 0.414. The first-order valence-electron chi connectivity index (χ1n) is 8.28. The van der Waals surface area contributed by atoms with Crippen LogP contribution < -0.4 is 15.4 Å². The number of nitrogens with zero attached hydrogens (tertiary/aromatic N) is 3. The van der Waals surface area contributed by atoms with Crippen LogP contribution >= 0.6 is 0 Å². The molecular formula is C18H22N4O. The van der Waals surface area contributed by atoms with Gasteiger partial charge in [0.2, 0.25) is 5.95 Å². The molecule has 2 aromatic rings. The fraction of sp³-hybridized carbons (Fsp3) is 0.444. The van der Waals surface area contributed by atoms with Crippen molar-refractivity contribution in [2.45, 2.75) is 31.7 Å². The number of anilines is 2. The quantitative estimate of drug-likeness (QED) is 0.943. The van der Waals surface area contributed by atoms with Gasteiger partial charge in [0.05, 0.1) is 12.8 Å². The number of hydrogen-bond donors (Lipinski definition) is 1. The Labute approximate surface area is 136 Å². The van der Waals surface area contributed by atoms with Gasteiger partial charge in [-0.1, -0.05) is 18.6 Å². The first kappa shape index (κ1) is 14.3. The van der Waals surface area contributed by atoms with Gasteiger partial charge in [0, 0.05) is 24.2 Å². The number of fused-ring (bicyclic) bond motifs is 2. The van der Waals surface area contributed by atoms with Gasteiger partial charge < -0.3 is 15.4 Å². The molecule has 0 unspecified atom stereocenters. The van der Waals surface area contributed by atoms with Crippen LogP contribution in [0.25, 0.3) is 11.3 Å². The van der Waals surface area contributed by atoms with E-state index in [-0.39, 0.29) is 0 Å². The minimum atomic E-state index is 0.335. The first-order chi connectivity index (χ1) is 11.2. The van der Waals surface area contributed by atoms with E-state index >= 15 is 0 Å². The minimum Gasteiger partial charge on any atom is -0.497 e. The Hall–Kier alpha value is -2.30. The molecule has 0 amide bonds. The maximum absolute atomic E-state index is 5.99. The molecule has 120 valence electrons. The molecule has 23 heavy (non-hydrogen) atoms. The van der Waals surface area contributed by atoms with Gasteiger partial charge >= 0.3 is 0 Å². The number of aromatic nitrogens is 2. The monoisotopic (exact) mass is 310 g/mol. The van der Waals surface area contributed by atoms with Crippen molar-refractivity contribution < 1.29 is 4.74 Å². The third kappa shape index (κ3) is 2.71. The van der Waals surface area contributed by atoms with Crippen LogP contribution in [0.5, 0.6) is 5.75 Å². The van der Waals surface area contributed by atoms with E-state index in [1.807, 2.05) is 24.3 Å². The molecule has 1 aromatic carbocycles. The number of nitrogens with two attached hydrogens (primary N) is 1. The maximum Gasteiger partial charge on any atom is 0.222 e. The second kappa shape index (κ2) is 5.72. The Bertz CT molecular complexity index is 718. The van der Waals surface area contributed by atoms with Crippen LogP contribution in [0.2, 0.25) is 0 Å².